The molecule has 2 rings (SSSR count). The number of hydrogen-bond acceptors (Lipinski definition) is 8. The van der Waals surface area contributed by atoms with Crippen molar-refractivity contribution in [2.45, 2.75) is 30.6 Å². The highest BCUT2D eigenvalue weighted by molar-refractivity contribution is 7.46. The van der Waals surface area contributed by atoms with E-state index in [1.54, 1.807) is 0 Å². The maximum Gasteiger partial charge on any atom is 0.469 e. The lowest BCUT2D eigenvalue weighted by molar-refractivity contribution is -0.136. The molecule has 0 aromatic carbocycles. The zero-order valence-corrected chi connectivity index (χ0v) is 11.8. The maximum absolute atomic E-state index is 10.9. The van der Waals surface area contributed by atoms with Crippen molar-refractivity contribution in [3.8, 4) is 0 Å². The number of aliphatic hydroxyl groups excluding tert-OH is 2. The summed E-state index contributed by atoms with van der Waals surface area (Å²) in [6.45, 7) is -0.695. The molecule has 124 valence electrons. The monoisotopic (exact) mass is 339 g/mol. The summed E-state index contributed by atoms with van der Waals surface area (Å²) >= 11 is 0. The van der Waals surface area contributed by atoms with Crippen molar-refractivity contribution in [2.24, 2.45) is 4.99 Å². The molecule has 0 amide bonds. The summed E-state index contributed by atoms with van der Waals surface area (Å²) in [5.41, 5.74) is 0. The second-order valence-corrected chi connectivity index (χ2v) is 5.87. The summed E-state index contributed by atoms with van der Waals surface area (Å²) < 4.78 is 20.0. The Morgan fingerprint density at radius 3 is 2.59 bits per heavy atom. The molecule has 5 atom stereocenters. The van der Waals surface area contributed by atoms with Gasteiger partial charge in [-0.15, -0.1) is 0 Å². The third-order valence-corrected chi connectivity index (χ3v) is 3.61. The van der Waals surface area contributed by atoms with Crippen molar-refractivity contribution >= 4 is 26.0 Å². The summed E-state index contributed by atoms with van der Waals surface area (Å²) in [6, 6.07) is -1.45. The van der Waals surface area contributed by atoms with Gasteiger partial charge in [0.2, 0.25) is 6.04 Å². The second-order valence-electron chi connectivity index (χ2n) is 4.63. The molecule has 2 aliphatic rings. The van der Waals surface area contributed by atoms with Crippen LogP contribution >= 0.6 is 7.82 Å². The van der Waals surface area contributed by atoms with E-state index in [-0.39, 0.29) is 0 Å². The van der Waals surface area contributed by atoms with Gasteiger partial charge >= 0.3 is 13.8 Å². The smallest absolute Gasteiger partial charge is 0.469 e. The fraction of sp³-hybridized carbons (Fsp3) is 0.667. The number of aliphatic imine (C=N–C) groups is 1. The number of aliphatic carboxylic acids is 1. The summed E-state index contributed by atoms with van der Waals surface area (Å²) in [5, 5.41) is 36.2. The third-order valence-electron chi connectivity index (χ3n) is 3.13. The minimum absolute atomic E-state index is 0.472. The molecule has 2 aliphatic heterocycles. The van der Waals surface area contributed by atoms with Crippen LogP contribution in [-0.2, 0) is 18.6 Å². The number of nitrogens with zero attached hydrogens (tertiary/aromatic N) is 2. The van der Waals surface area contributed by atoms with Crippen LogP contribution in [0.25, 0.3) is 0 Å². The van der Waals surface area contributed by atoms with E-state index in [1.807, 2.05) is 0 Å². The zero-order valence-electron chi connectivity index (χ0n) is 10.9. The first-order valence-corrected chi connectivity index (χ1v) is 7.49. The Kier molecular flexibility index (Phi) is 4.63. The molecule has 0 unspecified atom stereocenters. The van der Waals surface area contributed by atoms with Crippen LogP contribution < -0.4 is 0 Å². The molecule has 2 heterocycles. The Morgan fingerprint density at radius 2 is 2.09 bits per heavy atom. The van der Waals surface area contributed by atoms with E-state index in [0.29, 0.717) is 0 Å². The highest BCUT2D eigenvalue weighted by Gasteiger charge is 2.49. The fourth-order valence-electron chi connectivity index (χ4n) is 2.06. The number of carboxylic acids is 1. The molecule has 12 nitrogen and oxygen atoms in total. The Hall–Kier alpha value is -1.40. The normalized spacial score (nSPS) is 35.4. The van der Waals surface area contributed by atoms with Gasteiger partial charge < -0.3 is 29.8 Å². The minimum atomic E-state index is -4.78. The Balaban J connectivity index is 2.05. The first-order chi connectivity index (χ1) is 10.1. The quantitative estimate of drug-likeness (QED) is 0.287. The highest BCUT2D eigenvalue weighted by Crippen LogP contribution is 2.37. The minimum Gasteiger partial charge on any atom is -0.479 e. The summed E-state index contributed by atoms with van der Waals surface area (Å²) in [4.78, 5) is 32.5. The van der Waals surface area contributed by atoms with E-state index >= 15 is 0 Å². The van der Waals surface area contributed by atoms with Crippen molar-refractivity contribution in [1.82, 2.24) is 4.90 Å². The van der Waals surface area contributed by atoms with Crippen LogP contribution in [0.3, 0.4) is 0 Å². The van der Waals surface area contributed by atoms with Gasteiger partial charge in [-0.2, -0.15) is 0 Å². The van der Waals surface area contributed by atoms with Gasteiger partial charge in [0.25, 0.3) is 0 Å². The molecular weight excluding hydrogens is 325 g/mol. The number of carboxylic acid groups (broad SMARTS) is 1. The van der Waals surface area contributed by atoms with Gasteiger partial charge in [-0.1, -0.05) is 0 Å². The van der Waals surface area contributed by atoms with Crippen molar-refractivity contribution < 1.29 is 43.7 Å². The lowest BCUT2D eigenvalue weighted by Gasteiger charge is -2.25. The molecule has 0 bridgehead atoms. The van der Waals surface area contributed by atoms with Crippen molar-refractivity contribution in [3.05, 3.63) is 0 Å². The number of aliphatic hydroxyl groups is 2. The van der Waals surface area contributed by atoms with E-state index in [9.17, 15) is 19.6 Å². The van der Waals surface area contributed by atoms with E-state index in [2.05, 4.69) is 9.52 Å². The summed E-state index contributed by atoms with van der Waals surface area (Å²) in [7, 11) is -4.78. The molecule has 13 heteroatoms. The number of carbonyl (C=O) groups is 1. The largest absolute Gasteiger partial charge is 0.479 e. The number of phosphoric acid groups is 1. The number of hydrogen-bond donors (Lipinski definition) is 6. The number of rotatable bonds is 5. The van der Waals surface area contributed by atoms with Crippen molar-refractivity contribution in [2.75, 3.05) is 6.61 Å². The van der Waals surface area contributed by atoms with Gasteiger partial charge in [0, 0.05) is 0 Å². The Morgan fingerprint density at radius 1 is 1.45 bits per heavy atom. The first kappa shape index (κ1) is 17.0. The molecule has 0 spiro atoms. The summed E-state index contributed by atoms with van der Waals surface area (Å²) in [6.07, 6.45) is -4.70. The molecule has 1 saturated heterocycles. The van der Waals surface area contributed by atoms with E-state index < -0.39 is 56.8 Å². The van der Waals surface area contributed by atoms with Crippen LogP contribution in [0.15, 0.2) is 4.99 Å². The van der Waals surface area contributed by atoms with Crippen LogP contribution in [0.5, 0.6) is 0 Å². The molecule has 6 N–H and O–H groups in total. The predicted octanol–water partition coefficient (Wildman–Crippen LogP) is -2.68. The molecule has 22 heavy (non-hydrogen) atoms. The summed E-state index contributed by atoms with van der Waals surface area (Å²) in [5.74, 6) is -1.83. The van der Waals surface area contributed by atoms with Gasteiger partial charge in [0.1, 0.15) is 24.1 Å². The SMILES string of the molecule is N=C1[C@H](C(=O)O)N=CN1[C@@H]1O[C@H](COP(=O)(O)O)[C@@H](O)[C@H]1O. The molecule has 0 saturated carbocycles. The molecule has 0 aromatic heterocycles. The lowest BCUT2D eigenvalue weighted by atomic mass is 10.1. The van der Waals surface area contributed by atoms with Gasteiger partial charge in [-0.3, -0.25) is 19.8 Å². The molecule has 0 radical (unpaired) electrons. The predicted molar refractivity (Wildman–Crippen MR) is 68.2 cm³/mol. The average Bonchev–Trinajstić information content (AvgIpc) is 2.90. The van der Waals surface area contributed by atoms with Gasteiger partial charge in [0.15, 0.2) is 6.23 Å². The second kappa shape index (κ2) is 6.01. The molecular formula is C9H14N3O9P. The fourth-order valence-corrected chi connectivity index (χ4v) is 2.40. The Bertz CT molecular complexity index is 548. The van der Waals surface area contributed by atoms with Crippen LogP contribution in [0.2, 0.25) is 0 Å². The zero-order chi connectivity index (χ0) is 16.7. The number of ether oxygens (including phenoxy) is 1. The van der Waals surface area contributed by atoms with E-state index in [0.717, 1.165) is 11.2 Å². The number of amidine groups is 1. The first-order valence-electron chi connectivity index (χ1n) is 5.96. The Labute approximate surface area is 123 Å². The number of nitrogens with one attached hydrogen (secondary N) is 1. The average molecular weight is 339 g/mol. The third kappa shape index (κ3) is 3.33. The van der Waals surface area contributed by atoms with Crippen molar-refractivity contribution in [1.29, 1.82) is 5.41 Å². The maximum atomic E-state index is 10.9. The molecule has 1 fully saturated rings. The van der Waals surface area contributed by atoms with E-state index in [4.69, 9.17) is 25.0 Å². The topological polar surface area (TPSA) is 193 Å². The van der Waals surface area contributed by atoms with Gasteiger partial charge in [-0.25, -0.2) is 9.36 Å². The van der Waals surface area contributed by atoms with E-state index in [1.165, 1.54) is 0 Å². The molecule has 0 aliphatic carbocycles. The lowest BCUT2D eigenvalue weighted by Crippen LogP contribution is -2.47. The van der Waals surface area contributed by atoms with Crippen LogP contribution in [0.4, 0.5) is 0 Å². The van der Waals surface area contributed by atoms with Crippen LogP contribution in [0, 0.1) is 5.41 Å². The van der Waals surface area contributed by atoms with Crippen molar-refractivity contribution in [3.63, 3.8) is 0 Å². The highest BCUT2D eigenvalue weighted by atomic mass is 31.2. The standard InChI is InChI=1S/C9H14N3O9P/c10-7-4(9(15)16)11-2-12(7)8-6(14)5(13)3(21-8)1-20-22(17,18)19/h2-6,8,10,13-14H,1H2,(H,15,16)(H2,17,18,19)/t3-,4-,5-,6-,8-/m1/s1. The number of phosphoric ester groups is 1. The van der Waals surface area contributed by atoms with Gasteiger partial charge in [-0.05, 0) is 0 Å². The van der Waals surface area contributed by atoms with Crippen LogP contribution in [0.1, 0.15) is 0 Å². The van der Waals surface area contributed by atoms with Crippen LogP contribution in [-0.4, -0.2) is 85.3 Å². The van der Waals surface area contributed by atoms with Gasteiger partial charge in [0.05, 0.1) is 12.9 Å². The molecule has 0 aromatic rings.